The number of hydrogen-bond acceptors (Lipinski definition) is 3. The van der Waals surface area contributed by atoms with E-state index in [0.717, 1.165) is 5.69 Å². The maximum absolute atomic E-state index is 13.8. The maximum atomic E-state index is 13.8. The fourth-order valence-corrected chi connectivity index (χ4v) is 2.19. The molecule has 5 heteroatoms. The maximum Gasteiger partial charge on any atom is 0.146 e. The third-order valence-corrected chi connectivity index (χ3v) is 3.34. The number of anilines is 1. The van der Waals surface area contributed by atoms with Gasteiger partial charge >= 0.3 is 0 Å². The molecular weight excluding hydrogens is 293 g/mol. The molecular formula is C16H17ClFNO2. The van der Waals surface area contributed by atoms with Gasteiger partial charge in [-0.3, -0.25) is 0 Å². The van der Waals surface area contributed by atoms with Gasteiger partial charge in [0.05, 0.1) is 18.2 Å². The minimum Gasteiger partial charge on any atom is -0.494 e. The highest BCUT2D eigenvalue weighted by Crippen LogP contribution is 2.24. The molecule has 0 heterocycles. The summed E-state index contributed by atoms with van der Waals surface area (Å²) in [6.45, 7) is 2.62. The van der Waals surface area contributed by atoms with Crippen LogP contribution in [0, 0.1) is 5.82 Å². The number of nitrogens with one attached hydrogen (secondary N) is 1. The van der Waals surface area contributed by atoms with Crippen LogP contribution in [0.25, 0.3) is 0 Å². The number of rotatable bonds is 6. The van der Waals surface area contributed by atoms with E-state index in [9.17, 15) is 9.50 Å². The summed E-state index contributed by atoms with van der Waals surface area (Å²) in [7, 11) is 0. The fourth-order valence-electron chi connectivity index (χ4n) is 1.99. The Hall–Kier alpha value is -1.78. The third kappa shape index (κ3) is 3.86. The van der Waals surface area contributed by atoms with E-state index >= 15 is 0 Å². The Morgan fingerprint density at radius 1 is 1.24 bits per heavy atom. The molecule has 2 aromatic rings. The Bertz CT molecular complexity index is 619. The third-order valence-electron chi connectivity index (χ3n) is 3.05. The highest BCUT2D eigenvalue weighted by atomic mass is 35.5. The summed E-state index contributed by atoms with van der Waals surface area (Å²) in [5.74, 6) is 0.236. The van der Waals surface area contributed by atoms with Crippen LogP contribution in [0.3, 0.4) is 0 Å². The molecule has 0 aliphatic carbocycles. The van der Waals surface area contributed by atoms with Crippen LogP contribution in [0.5, 0.6) is 5.75 Å². The molecule has 2 N–H and O–H groups in total. The lowest BCUT2D eigenvalue weighted by atomic mass is 10.1. The number of benzene rings is 2. The topological polar surface area (TPSA) is 41.5 Å². The zero-order chi connectivity index (χ0) is 15.2. The second kappa shape index (κ2) is 7.29. The van der Waals surface area contributed by atoms with E-state index in [0.29, 0.717) is 30.0 Å². The average Bonchev–Trinajstić information content (AvgIpc) is 2.50. The van der Waals surface area contributed by atoms with Crippen LogP contribution in [-0.4, -0.2) is 11.7 Å². The van der Waals surface area contributed by atoms with Gasteiger partial charge in [0.2, 0.25) is 0 Å². The van der Waals surface area contributed by atoms with Gasteiger partial charge in [-0.05, 0) is 31.2 Å². The van der Waals surface area contributed by atoms with Crippen LogP contribution < -0.4 is 10.1 Å². The molecule has 0 aliphatic heterocycles. The van der Waals surface area contributed by atoms with Gasteiger partial charge in [-0.25, -0.2) is 4.39 Å². The van der Waals surface area contributed by atoms with Crippen molar-refractivity contribution in [1.82, 2.24) is 0 Å². The lowest BCUT2D eigenvalue weighted by Gasteiger charge is -2.12. The zero-order valence-corrected chi connectivity index (χ0v) is 12.5. The average molecular weight is 310 g/mol. The standard InChI is InChI=1S/C16H17ClFNO2/c1-2-21-15-7-6-13(8-12(15)10-20)19-9-11-4-3-5-14(17)16(11)18/h3-8,19-20H,2,9-10H2,1H3. The van der Waals surface area contributed by atoms with Crippen LogP contribution in [0.1, 0.15) is 18.1 Å². The zero-order valence-electron chi connectivity index (χ0n) is 11.7. The summed E-state index contributed by atoms with van der Waals surface area (Å²) in [4.78, 5) is 0. The molecule has 0 amide bonds. The summed E-state index contributed by atoms with van der Waals surface area (Å²) < 4.78 is 19.2. The van der Waals surface area contributed by atoms with E-state index in [2.05, 4.69) is 5.32 Å². The van der Waals surface area contributed by atoms with E-state index in [1.165, 1.54) is 6.07 Å². The van der Waals surface area contributed by atoms with Gasteiger partial charge in [0.15, 0.2) is 0 Å². The molecule has 0 aliphatic rings. The Kier molecular flexibility index (Phi) is 5.42. The number of aliphatic hydroxyl groups excluding tert-OH is 1. The first kappa shape index (κ1) is 15.6. The van der Waals surface area contributed by atoms with Crippen LogP contribution in [-0.2, 0) is 13.2 Å². The first-order valence-corrected chi connectivity index (χ1v) is 7.06. The smallest absolute Gasteiger partial charge is 0.146 e. The monoisotopic (exact) mass is 309 g/mol. The van der Waals surface area contributed by atoms with Gasteiger partial charge in [0.25, 0.3) is 0 Å². The quantitative estimate of drug-likeness (QED) is 0.848. The van der Waals surface area contributed by atoms with E-state index < -0.39 is 5.82 Å². The molecule has 0 saturated heterocycles. The van der Waals surface area contributed by atoms with Gasteiger partial charge in [0, 0.05) is 23.4 Å². The van der Waals surface area contributed by atoms with E-state index in [1.807, 2.05) is 13.0 Å². The van der Waals surface area contributed by atoms with Crippen molar-refractivity contribution in [2.75, 3.05) is 11.9 Å². The van der Waals surface area contributed by atoms with Crippen LogP contribution in [0.15, 0.2) is 36.4 Å². The van der Waals surface area contributed by atoms with Crippen LogP contribution in [0.4, 0.5) is 10.1 Å². The van der Waals surface area contributed by atoms with Crippen LogP contribution in [0.2, 0.25) is 5.02 Å². The van der Waals surface area contributed by atoms with Gasteiger partial charge in [0.1, 0.15) is 11.6 Å². The predicted octanol–water partition coefficient (Wildman–Crippen LogP) is 3.98. The van der Waals surface area contributed by atoms with Gasteiger partial charge in [-0.15, -0.1) is 0 Å². The van der Waals surface area contributed by atoms with Crippen molar-refractivity contribution in [3.63, 3.8) is 0 Å². The second-order valence-corrected chi connectivity index (χ2v) is 4.89. The first-order valence-electron chi connectivity index (χ1n) is 6.69. The van der Waals surface area contributed by atoms with Crippen molar-refractivity contribution in [3.8, 4) is 5.75 Å². The molecule has 0 aromatic heterocycles. The van der Waals surface area contributed by atoms with Crippen molar-refractivity contribution in [2.45, 2.75) is 20.1 Å². The minimum absolute atomic E-state index is 0.108. The molecule has 0 unspecified atom stereocenters. The van der Waals surface area contributed by atoms with Crippen molar-refractivity contribution >= 4 is 17.3 Å². The molecule has 112 valence electrons. The minimum atomic E-state index is -0.417. The molecule has 0 saturated carbocycles. The normalized spacial score (nSPS) is 10.5. The summed E-state index contributed by atoms with van der Waals surface area (Å²) in [6, 6.07) is 10.3. The molecule has 3 nitrogen and oxygen atoms in total. The molecule has 0 atom stereocenters. The molecule has 0 spiro atoms. The fraction of sp³-hybridized carbons (Fsp3) is 0.250. The van der Waals surface area contributed by atoms with Crippen LogP contribution >= 0.6 is 11.6 Å². The van der Waals surface area contributed by atoms with Crippen molar-refractivity contribution in [3.05, 3.63) is 58.4 Å². The highest BCUT2D eigenvalue weighted by molar-refractivity contribution is 6.30. The Balaban J connectivity index is 2.11. The summed E-state index contributed by atoms with van der Waals surface area (Å²) in [5, 5.41) is 12.6. The van der Waals surface area contributed by atoms with Gasteiger partial charge < -0.3 is 15.2 Å². The Morgan fingerprint density at radius 2 is 2.05 bits per heavy atom. The molecule has 0 fully saturated rings. The first-order chi connectivity index (χ1) is 10.2. The SMILES string of the molecule is CCOc1ccc(NCc2cccc(Cl)c2F)cc1CO. The summed E-state index contributed by atoms with van der Waals surface area (Å²) in [5.41, 5.74) is 1.96. The molecule has 0 radical (unpaired) electrons. The summed E-state index contributed by atoms with van der Waals surface area (Å²) >= 11 is 5.75. The summed E-state index contributed by atoms with van der Waals surface area (Å²) in [6.07, 6.45) is 0. The number of ether oxygens (including phenoxy) is 1. The van der Waals surface area contributed by atoms with E-state index in [1.54, 1.807) is 24.3 Å². The van der Waals surface area contributed by atoms with Gasteiger partial charge in [-0.2, -0.15) is 0 Å². The molecule has 2 aromatic carbocycles. The number of halogens is 2. The number of aliphatic hydroxyl groups is 1. The van der Waals surface area contributed by atoms with E-state index in [4.69, 9.17) is 16.3 Å². The lowest BCUT2D eigenvalue weighted by molar-refractivity contribution is 0.267. The Labute approximate surface area is 128 Å². The second-order valence-electron chi connectivity index (χ2n) is 4.48. The lowest BCUT2D eigenvalue weighted by Crippen LogP contribution is -2.03. The predicted molar refractivity (Wildman–Crippen MR) is 82.3 cm³/mol. The largest absolute Gasteiger partial charge is 0.494 e. The highest BCUT2D eigenvalue weighted by Gasteiger charge is 2.07. The van der Waals surface area contributed by atoms with E-state index in [-0.39, 0.29) is 11.6 Å². The molecule has 2 rings (SSSR count). The molecule has 0 bridgehead atoms. The van der Waals surface area contributed by atoms with Gasteiger partial charge in [-0.1, -0.05) is 23.7 Å². The van der Waals surface area contributed by atoms with Crippen molar-refractivity contribution < 1.29 is 14.2 Å². The van der Waals surface area contributed by atoms with Crippen molar-refractivity contribution in [2.24, 2.45) is 0 Å². The number of hydrogen-bond donors (Lipinski definition) is 2. The Morgan fingerprint density at radius 3 is 2.76 bits per heavy atom. The molecule has 21 heavy (non-hydrogen) atoms. The van der Waals surface area contributed by atoms with Crippen molar-refractivity contribution in [1.29, 1.82) is 0 Å².